The first-order valence-corrected chi connectivity index (χ1v) is 6.68. The Bertz CT molecular complexity index is 339. The van der Waals surface area contributed by atoms with Gasteiger partial charge < -0.3 is 18.9 Å². The molecular weight excluding hydrogens is 264 g/mol. The lowest BCUT2D eigenvalue weighted by atomic mass is 9.84. The molecule has 0 N–H and O–H groups in total. The molecule has 0 aromatic rings. The van der Waals surface area contributed by atoms with Gasteiger partial charge in [-0.15, -0.1) is 0 Å². The molecule has 0 saturated carbocycles. The molecule has 0 aliphatic heterocycles. The molecule has 0 saturated heterocycles. The van der Waals surface area contributed by atoms with E-state index in [1.807, 2.05) is 6.08 Å². The van der Waals surface area contributed by atoms with E-state index in [2.05, 4.69) is 0 Å². The second-order valence-electron chi connectivity index (χ2n) is 4.46. The number of hydrogen-bond donors (Lipinski definition) is 0. The molecule has 0 aromatic carbocycles. The molecule has 6 nitrogen and oxygen atoms in total. The summed E-state index contributed by atoms with van der Waals surface area (Å²) in [6.45, 7) is 1.06. The Labute approximate surface area is 119 Å². The molecule has 0 aromatic heterocycles. The van der Waals surface area contributed by atoms with Gasteiger partial charge in [-0.2, -0.15) is 0 Å². The summed E-state index contributed by atoms with van der Waals surface area (Å²) < 4.78 is 19.8. The summed E-state index contributed by atoms with van der Waals surface area (Å²) in [5, 5.41) is 0. The van der Waals surface area contributed by atoms with Crippen molar-refractivity contribution >= 4 is 11.9 Å². The van der Waals surface area contributed by atoms with Crippen LogP contribution in [0.4, 0.5) is 0 Å². The van der Waals surface area contributed by atoms with Gasteiger partial charge in [0.2, 0.25) is 0 Å². The van der Waals surface area contributed by atoms with Crippen molar-refractivity contribution in [3.63, 3.8) is 0 Å². The highest BCUT2D eigenvalue weighted by molar-refractivity contribution is 5.83. The van der Waals surface area contributed by atoms with Crippen molar-refractivity contribution in [2.45, 2.75) is 12.8 Å². The van der Waals surface area contributed by atoms with Gasteiger partial charge in [0, 0.05) is 14.2 Å². The maximum Gasteiger partial charge on any atom is 0.313 e. The summed E-state index contributed by atoms with van der Waals surface area (Å²) in [7, 11) is 3.07. The van der Waals surface area contributed by atoms with Crippen molar-refractivity contribution in [3.05, 3.63) is 12.2 Å². The smallest absolute Gasteiger partial charge is 0.313 e. The van der Waals surface area contributed by atoms with Crippen LogP contribution in [0.2, 0.25) is 0 Å². The van der Waals surface area contributed by atoms with E-state index in [0.29, 0.717) is 19.6 Å². The van der Waals surface area contributed by atoms with Gasteiger partial charge in [0.25, 0.3) is 0 Å². The average molecular weight is 286 g/mol. The van der Waals surface area contributed by atoms with Gasteiger partial charge in [0.05, 0.1) is 25.0 Å². The van der Waals surface area contributed by atoms with Crippen molar-refractivity contribution in [2.75, 3.05) is 40.6 Å². The van der Waals surface area contributed by atoms with E-state index in [1.54, 1.807) is 6.08 Å². The Hall–Kier alpha value is -1.40. The maximum absolute atomic E-state index is 12.0. The fraction of sp³-hybridized carbons (Fsp3) is 0.714. The maximum atomic E-state index is 12.0. The van der Waals surface area contributed by atoms with Gasteiger partial charge in [-0.25, -0.2) is 0 Å². The van der Waals surface area contributed by atoms with Crippen molar-refractivity contribution in [1.29, 1.82) is 0 Å². The quantitative estimate of drug-likeness (QED) is 0.376. The Morgan fingerprint density at radius 1 is 1.00 bits per heavy atom. The van der Waals surface area contributed by atoms with Crippen LogP contribution in [0, 0.1) is 11.8 Å². The van der Waals surface area contributed by atoms with E-state index < -0.39 is 17.8 Å². The third-order valence-electron chi connectivity index (χ3n) is 3.06. The van der Waals surface area contributed by atoms with Crippen LogP contribution in [0.5, 0.6) is 0 Å². The minimum Gasteiger partial charge on any atom is -0.463 e. The molecule has 1 aliphatic carbocycles. The van der Waals surface area contributed by atoms with Gasteiger partial charge in [-0.05, 0) is 12.8 Å². The third kappa shape index (κ3) is 5.30. The Kier molecular flexibility index (Phi) is 7.91. The van der Waals surface area contributed by atoms with Gasteiger partial charge in [0.15, 0.2) is 0 Å². The molecule has 0 spiro atoms. The topological polar surface area (TPSA) is 71.1 Å². The number of allylic oxidation sites excluding steroid dienone is 1. The third-order valence-corrected chi connectivity index (χ3v) is 3.06. The fourth-order valence-electron chi connectivity index (χ4n) is 1.99. The highest BCUT2D eigenvalue weighted by Crippen LogP contribution is 2.27. The first-order chi connectivity index (χ1) is 9.70. The monoisotopic (exact) mass is 286 g/mol. The number of rotatable bonds is 8. The molecule has 0 heterocycles. The van der Waals surface area contributed by atoms with Crippen LogP contribution in [-0.2, 0) is 28.5 Å². The van der Waals surface area contributed by atoms with Crippen molar-refractivity contribution in [3.8, 4) is 0 Å². The molecule has 0 amide bonds. The lowest BCUT2D eigenvalue weighted by Gasteiger charge is -2.24. The summed E-state index contributed by atoms with van der Waals surface area (Å²) in [5.41, 5.74) is 0. The molecule has 0 bridgehead atoms. The van der Waals surface area contributed by atoms with E-state index in [1.165, 1.54) is 14.2 Å². The standard InChI is InChI=1S/C14H22O6/c1-17-7-9-19-13(15)11-5-3-4-6-12(11)14(16)20-10-8-18-2/h3,5,11-12H,4,6-10H2,1-2H3. The SMILES string of the molecule is COCCOC(=O)C1C=CCCC1C(=O)OCCOC. The second-order valence-corrected chi connectivity index (χ2v) is 4.46. The first kappa shape index (κ1) is 16.7. The van der Waals surface area contributed by atoms with Crippen LogP contribution in [-0.4, -0.2) is 52.6 Å². The van der Waals surface area contributed by atoms with Crippen LogP contribution < -0.4 is 0 Å². The van der Waals surface area contributed by atoms with Crippen LogP contribution >= 0.6 is 0 Å². The molecule has 1 aliphatic rings. The van der Waals surface area contributed by atoms with Crippen molar-refractivity contribution < 1.29 is 28.5 Å². The van der Waals surface area contributed by atoms with Gasteiger partial charge in [-0.3, -0.25) is 9.59 Å². The Morgan fingerprint density at radius 3 is 2.20 bits per heavy atom. The predicted octanol–water partition coefficient (Wildman–Crippen LogP) is 0.948. The number of carbonyl (C=O) groups excluding carboxylic acids is 2. The minimum atomic E-state index is -0.573. The molecule has 0 fully saturated rings. The van der Waals surface area contributed by atoms with E-state index in [9.17, 15) is 9.59 Å². The molecule has 1 rings (SSSR count). The number of hydrogen-bond acceptors (Lipinski definition) is 6. The summed E-state index contributed by atoms with van der Waals surface area (Å²) >= 11 is 0. The summed E-state index contributed by atoms with van der Waals surface area (Å²) in [6, 6.07) is 0. The Morgan fingerprint density at radius 2 is 1.60 bits per heavy atom. The zero-order chi connectivity index (χ0) is 14.8. The molecule has 20 heavy (non-hydrogen) atoms. The fourth-order valence-corrected chi connectivity index (χ4v) is 1.99. The van der Waals surface area contributed by atoms with Crippen LogP contribution in [0.25, 0.3) is 0 Å². The highest BCUT2D eigenvalue weighted by Gasteiger charge is 2.35. The van der Waals surface area contributed by atoms with E-state index in [0.717, 1.165) is 6.42 Å². The second kappa shape index (κ2) is 9.50. The Balaban J connectivity index is 2.52. The summed E-state index contributed by atoms with van der Waals surface area (Å²) in [6.07, 6.45) is 4.96. The van der Waals surface area contributed by atoms with Crippen LogP contribution in [0.3, 0.4) is 0 Å². The predicted molar refractivity (Wildman–Crippen MR) is 71.0 cm³/mol. The molecule has 0 radical (unpaired) electrons. The number of ether oxygens (including phenoxy) is 4. The molecule has 114 valence electrons. The summed E-state index contributed by atoms with van der Waals surface area (Å²) in [5.74, 6) is -1.84. The van der Waals surface area contributed by atoms with Crippen LogP contribution in [0.1, 0.15) is 12.8 Å². The minimum absolute atomic E-state index is 0.186. The largest absolute Gasteiger partial charge is 0.463 e. The zero-order valence-electron chi connectivity index (χ0n) is 12.0. The van der Waals surface area contributed by atoms with Gasteiger partial charge in [-0.1, -0.05) is 12.2 Å². The number of carbonyl (C=O) groups is 2. The van der Waals surface area contributed by atoms with Crippen molar-refractivity contribution in [2.24, 2.45) is 11.8 Å². The highest BCUT2D eigenvalue weighted by atomic mass is 16.6. The van der Waals surface area contributed by atoms with E-state index >= 15 is 0 Å². The normalized spacial score (nSPS) is 21.5. The molecule has 2 atom stereocenters. The molecule has 6 heteroatoms. The van der Waals surface area contributed by atoms with Gasteiger partial charge >= 0.3 is 11.9 Å². The van der Waals surface area contributed by atoms with E-state index in [-0.39, 0.29) is 19.2 Å². The number of methoxy groups -OCH3 is 2. The van der Waals surface area contributed by atoms with Gasteiger partial charge in [0.1, 0.15) is 13.2 Å². The lowest BCUT2D eigenvalue weighted by molar-refractivity contribution is -0.160. The lowest BCUT2D eigenvalue weighted by Crippen LogP contribution is -2.33. The average Bonchev–Trinajstić information content (AvgIpc) is 2.47. The van der Waals surface area contributed by atoms with E-state index in [4.69, 9.17) is 18.9 Å². The zero-order valence-corrected chi connectivity index (χ0v) is 12.0. The number of esters is 2. The first-order valence-electron chi connectivity index (χ1n) is 6.68. The molecule has 2 unspecified atom stereocenters. The van der Waals surface area contributed by atoms with Crippen LogP contribution in [0.15, 0.2) is 12.2 Å². The summed E-state index contributed by atoms with van der Waals surface area (Å²) in [4.78, 5) is 23.9. The van der Waals surface area contributed by atoms with Crippen molar-refractivity contribution in [1.82, 2.24) is 0 Å². The molecular formula is C14H22O6.